The van der Waals surface area contributed by atoms with E-state index in [9.17, 15) is 9.59 Å². The molecule has 100 valence electrons. The van der Waals surface area contributed by atoms with Crippen molar-refractivity contribution < 1.29 is 19.4 Å². The summed E-state index contributed by atoms with van der Waals surface area (Å²) in [6, 6.07) is 0. The van der Waals surface area contributed by atoms with Crippen LogP contribution in [-0.2, 0) is 14.3 Å². The molecule has 0 amide bonds. The molecule has 0 aliphatic heterocycles. The molecule has 0 saturated heterocycles. The van der Waals surface area contributed by atoms with Crippen molar-refractivity contribution >= 4 is 12.4 Å². The molecule has 0 rings (SSSR count). The van der Waals surface area contributed by atoms with Crippen LogP contribution in [0, 0.1) is 0 Å². The number of rotatable bonds is 12. The van der Waals surface area contributed by atoms with E-state index in [0.29, 0.717) is 6.42 Å². The Labute approximate surface area is 103 Å². The maximum Gasteiger partial charge on any atom is 0.345 e. The van der Waals surface area contributed by atoms with Crippen molar-refractivity contribution in [2.24, 2.45) is 0 Å². The van der Waals surface area contributed by atoms with Gasteiger partial charge in [-0.05, 0) is 12.8 Å². The van der Waals surface area contributed by atoms with Gasteiger partial charge in [-0.2, -0.15) is 0 Å². The molecule has 0 aromatic rings. The molecule has 0 fully saturated rings. The molecule has 0 bridgehead atoms. The summed E-state index contributed by atoms with van der Waals surface area (Å²) in [7, 11) is 0. The lowest BCUT2D eigenvalue weighted by atomic mass is 10.1. The molecule has 0 aliphatic carbocycles. The number of hydrogen-bond donors (Lipinski definition) is 1. The van der Waals surface area contributed by atoms with Crippen LogP contribution in [-0.4, -0.2) is 23.7 Å². The topological polar surface area (TPSA) is 63.6 Å². The highest BCUT2D eigenvalue weighted by molar-refractivity contribution is 5.73. The maximum atomic E-state index is 10.6. The van der Waals surface area contributed by atoms with E-state index in [4.69, 9.17) is 5.11 Å². The average molecular weight is 244 g/mol. The monoisotopic (exact) mass is 244 g/mol. The highest BCUT2D eigenvalue weighted by atomic mass is 16.5. The lowest BCUT2D eigenvalue weighted by molar-refractivity contribution is -0.156. The van der Waals surface area contributed by atoms with E-state index in [1.807, 2.05) is 0 Å². The number of carbonyl (C=O) groups excluding carboxylic acids is 1. The lowest BCUT2D eigenvalue weighted by Crippen LogP contribution is -2.23. The van der Waals surface area contributed by atoms with Crippen molar-refractivity contribution in [2.45, 2.75) is 70.8 Å². The van der Waals surface area contributed by atoms with Gasteiger partial charge in [-0.25, -0.2) is 4.79 Å². The van der Waals surface area contributed by atoms with E-state index in [2.05, 4.69) is 11.7 Å². The highest BCUT2D eigenvalue weighted by Gasteiger charge is 2.17. The molecule has 0 radical (unpaired) electrons. The van der Waals surface area contributed by atoms with Crippen LogP contribution in [0.4, 0.5) is 0 Å². The summed E-state index contributed by atoms with van der Waals surface area (Å²) in [6.45, 7) is 2.41. The molecular weight excluding hydrogens is 220 g/mol. The highest BCUT2D eigenvalue weighted by Crippen LogP contribution is 2.11. The Balaban J connectivity index is 3.36. The number of ether oxygens (including phenoxy) is 1. The zero-order chi connectivity index (χ0) is 12.9. The van der Waals surface area contributed by atoms with Crippen LogP contribution in [0.25, 0.3) is 0 Å². The second kappa shape index (κ2) is 11.4. The van der Waals surface area contributed by atoms with Gasteiger partial charge in [-0.15, -0.1) is 0 Å². The van der Waals surface area contributed by atoms with Gasteiger partial charge < -0.3 is 9.84 Å². The molecule has 0 heterocycles. The van der Waals surface area contributed by atoms with Crippen LogP contribution in [0.2, 0.25) is 0 Å². The Morgan fingerprint density at radius 1 is 1.12 bits per heavy atom. The fourth-order valence-electron chi connectivity index (χ4n) is 1.78. The summed E-state index contributed by atoms with van der Waals surface area (Å²) in [5, 5.41) is 8.72. The van der Waals surface area contributed by atoms with E-state index in [0.717, 1.165) is 19.3 Å². The first-order valence-corrected chi connectivity index (χ1v) is 6.54. The standard InChI is InChI=1S/C13H24O4/c1-2-3-4-5-6-7-8-9-10-12(13(15)16)17-11-14/h11-12H,2-10H2,1H3,(H,15,16). The molecular formula is C13H24O4. The Bertz CT molecular complexity index is 204. The van der Waals surface area contributed by atoms with Gasteiger partial charge >= 0.3 is 5.97 Å². The fourth-order valence-corrected chi connectivity index (χ4v) is 1.78. The number of aliphatic carboxylic acids is 1. The van der Waals surface area contributed by atoms with Crippen LogP contribution in [0.3, 0.4) is 0 Å². The molecule has 0 aliphatic rings. The smallest absolute Gasteiger partial charge is 0.345 e. The number of hydrogen-bond acceptors (Lipinski definition) is 3. The van der Waals surface area contributed by atoms with Gasteiger partial charge in [0, 0.05) is 0 Å². The van der Waals surface area contributed by atoms with Crippen LogP contribution < -0.4 is 0 Å². The third-order valence-electron chi connectivity index (χ3n) is 2.82. The molecule has 0 saturated carbocycles. The Kier molecular flexibility index (Phi) is 10.7. The first kappa shape index (κ1) is 15.9. The number of carboxylic acids is 1. The second-order valence-corrected chi connectivity index (χ2v) is 4.32. The van der Waals surface area contributed by atoms with Gasteiger partial charge in [0.25, 0.3) is 6.47 Å². The normalized spacial score (nSPS) is 12.1. The molecule has 1 unspecified atom stereocenters. The fraction of sp³-hybridized carbons (Fsp3) is 0.846. The largest absolute Gasteiger partial charge is 0.479 e. The summed E-state index contributed by atoms with van der Waals surface area (Å²) >= 11 is 0. The Morgan fingerprint density at radius 2 is 1.65 bits per heavy atom. The van der Waals surface area contributed by atoms with E-state index in [1.54, 1.807) is 0 Å². The van der Waals surface area contributed by atoms with Crippen molar-refractivity contribution in [2.75, 3.05) is 0 Å². The molecule has 0 aromatic carbocycles. The summed E-state index contributed by atoms with van der Waals surface area (Å²) in [6.07, 6.45) is 8.73. The van der Waals surface area contributed by atoms with E-state index in [1.165, 1.54) is 32.1 Å². The number of unbranched alkanes of at least 4 members (excludes halogenated alkanes) is 7. The van der Waals surface area contributed by atoms with Crippen molar-refractivity contribution in [1.82, 2.24) is 0 Å². The van der Waals surface area contributed by atoms with Crippen LogP contribution in [0.1, 0.15) is 64.7 Å². The van der Waals surface area contributed by atoms with E-state index in [-0.39, 0.29) is 6.47 Å². The summed E-state index contributed by atoms with van der Waals surface area (Å²) in [5.74, 6) is -1.06. The number of carboxylic acid groups (broad SMARTS) is 1. The zero-order valence-electron chi connectivity index (χ0n) is 10.7. The van der Waals surface area contributed by atoms with Gasteiger partial charge in [0.05, 0.1) is 0 Å². The Morgan fingerprint density at radius 3 is 2.12 bits per heavy atom. The van der Waals surface area contributed by atoms with Crippen molar-refractivity contribution in [3.05, 3.63) is 0 Å². The minimum absolute atomic E-state index is 0.212. The predicted octanol–water partition coefficient (Wildman–Crippen LogP) is 3.14. The summed E-state index contributed by atoms with van der Waals surface area (Å²) in [5.41, 5.74) is 0. The first-order chi connectivity index (χ1) is 8.22. The third kappa shape index (κ3) is 9.85. The molecule has 4 heteroatoms. The van der Waals surface area contributed by atoms with Gasteiger partial charge in [0.2, 0.25) is 0 Å². The van der Waals surface area contributed by atoms with Crippen molar-refractivity contribution in [3.8, 4) is 0 Å². The molecule has 1 atom stereocenters. The summed E-state index contributed by atoms with van der Waals surface area (Å²) in [4.78, 5) is 20.7. The van der Waals surface area contributed by atoms with Crippen molar-refractivity contribution in [3.63, 3.8) is 0 Å². The van der Waals surface area contributed by atoms with Gasteiger partial charge in [-0.1, -0.05) is 51.9 Å². The first-order valence-electron chi connectivity index (χ1n) is 6.54. The van der Waals surface area contributed by atoms with Crippen LogP contribution >= 0.6 is 0 Å². The molecule has 4 nitrogen and oxygen atoms in total. The van der Waals surface area contributed by atoms with Gasteiger partial charge in [0.15, 0.2) is 6.10 Å². The zero-order valence-corrected chi connectivity index (χ0v) is 10.7. The minimum Gasteiger partial charge on any atom is -0.479 e. The number of carbonyl (C=O) groups is 2. The lowest BCUT2D eigenvalue weighted by Gasteiger charge is -2.09. The summed E-state index contributed by atoms with van der Waals surface area (Å²) < 4.78 is 4.48. The molecule has 0 spiro atoms. The van der Waals surface area contributed by atoms with E-state index < -0.39 is 12.1 Å². The molecule has 17 heavy (non-hydrogen) atoms. The predicted molar refractivity (Wildman–Crippen MR) is 65.8 cm³/mol. The maximum absolute atomic E-state index is 10.6. The average Bonchev–Trinajstić information content (AvgIpc) is 2.31. The Hall–Kier alpha value is -1.06. The second-order valence-electron chi connectivity index (χ2n) is 4.32. The van der Waals surface area contributed by atoms with Crippen LogP contribution in [0.15, 0.2) is 0 Å². The van der Waals surface area contributed by atoms with Gasteiger partial charge in [-0.3, -0.25) is 4.79 Å². The van der Waals surface area contributed by atoms with Gasteiger partial charge in [0.1, 0.15) is 0 Å². The quantitative estimate of drug-likeness (QED) is 0.423. The molecule has 0 aromatic heterocycles. The van der Waals surface area contributed by atoms with Crippen molar-refractivity contribution in [1.29, 1.82) is 0 Å². The minimum atomic E-state index is -1.06. The van der Waals surface area contributed by atoms with E-state index >= 15 is 0 Å². The van der Waals surface area contributed by atoms with Crippen LogP contribution in [0.5, 0.6) is 0 Å². The third-order valence-corrected chi connectivity index (χ3v) is 2.82. The SMILES string of the molecule is CCCCCCCCCCC(OC=O)C(=O)O. The molecule has 1 N–H and O–H groups in total.